The molecule has 4 nitrogen and oxygen atoms in total. The highest BCUT2D eigenvalue weighted by atomic mass is 16.3. The van der Waals surface area contributed by atoms with E-state index in [0.29, 0.717) is 30.1 Å². The molecule has 0 heterocycles. The Morgan fingerprint density at radius 1 is 1.24 bits per heavy atom. The normalized spacial score (nSPS) is 50.0. The summed E-state index contributed by atoms with van der Waals surface area (Å²) in [6.07, 6.45) is 6.63. The summed E-state index contributed by atoms with van der Waals surface area (Å²) < 4.78 is 0. The number of allylic oxidation sites excluding steroid dienone is 1. The predicted octanol–water partition coefficient (Wildman–Crippen LogP) is 3.87. The molecule has 4 rings (SSSR count). The number of fused-ring (bicyclic) bond motifs is 2. The third-order valence-electron chi connectivity index (χ3n) is 9.65. The molecule has 1 spiro atoms. The van der Waals surface area contributed by atoms with Crippen LogP contribution in [0.15, 0.2) is 11.6 Å². The number of hydrogen-bond donors (Lipinski definition) is 3. The summed E-state index contributed by atoms with van der Waals surface area (Å²) in [6, 6.07) is 0. The zero-order valence-electron chi connectivity index (χ0n) is 19.0. The van der Waals surface area contributed by atoms with Gasteiger partial charge in [-0.1, -0.05) is 39.3 Å². The van der Waals surface area contributed by atoms with E-state index in [9.17, 15) is 20.1 Å². The van der Waals surface area contributed by atoms with E-state index >= 15 is 0 Å². The van der Waals surface area contributed by atoms with Crippen molar-refractivity contribution in [2.75, 3.05) is 0 Å². The minimum atomic E-state index is -1.52. The van der Waals surface area contributed by atoms with Crippen molar-refractivity contribution in [2.45, 2.75) is 97.9 Å². The molecule has 0 bridgehead atoms. The fraction of sp³-hybridized carbons (Fsp3) is 0.880. The van der Waals surface area contributed by atoms with E-state index in [1.54, 1.807) is 0 Å². The summed E-state index contributed by atoms with van der Waals surface area (Å²) in [5.74, 6) is 1.16. The molecule has 3 unspecified atom stereocenters. The molecule has 164 valence electrons. The van der Waals surface area contributed by atoms with Crippen LogP contribution >= 0.6 is 0 Å². The Labute approximate surface area is 175 Å². The predicted molar refractivity (Wildman–Crippen MR) is 113 cm³/mol. The van der Waals surface area contributed by atoms with Crippen molar-refractivity contribution in [3.63, 3.8) is 0 Å². The minimum Gasteiger partial charge on any atom is -0.392 e. The molecule has 3 N–H and O–H groups in total. The molecule has 0 aromatic rings. The number of carbonyl (C=O) groups excluding carboxylic acids is 1. The van der Waals surface area contributed by atoms with E-state index in [4.69, 9.17) is 0 Å². The molecule has 4 heteroatoms. The Kier molecular flexibility index (Phi) is 4.75. The summed E-state index contributed by atoms with van der Waals surface area (Å²) in [4.78, 5) is 12.5. The lowest BCUT2D eigenvalue weighted by Crippen LogP contribution is -2.53. The molecule has 0 aromatic heterocycles. The van der Waals surface area contributed by atoms with Crippen molar-refractivity contribution in [3.8, 4) is 0 Å². The number of ketones is 1. The second-order valence-corrected chi connectivity index (χ2v) is 12.1. The van der Waals surface area contributed by atoms with E-state index in [0.717, 1.165) is 32.1 Å². The van der Waals surface area contributed by atoms with Crippen LogP contribution in [0.25, 0.3) is 0 Å². The molecule has 0 aromatic carbocycles. The van der Waals surface area contributed by atoms with Gasteiger partial charge in [0.2, 0.25) is 0 Å². The Balaban J connectivity index is 1.75. The van der Waals surface area contributed by atoms with Gasteiger partial charge in [0.25, 0.3) is 0 Å². The van der Waals surface area contributed by atoms with Crippen molar-refractivity contribution < 1.29 is 20.1 Å². The lowest BCUT2D eigenvalue weighted by atomic mass is 9.49. The second-order valence-electron chi connectivity index (χ2n) is 12.1. The summed E-state index contributed by atoms with van der Waals surface area (Å²) in [5.41, 5.74) is -0.267. The van der Waals surface area contributed by atoms with Gasteiger partial charge in [-0.15, -0.1) is 0 Å². The third kappa shape index (κ3) is 2.78. The van der Waals surface area contributed by atoms with E-state index < -0.39 is 17.5 Å². The highest BCUT2D eigenvalue weighted by Crippen LogP contribution is 2.74. The Bertz CT molecular complexity index is 736. The number of rotatable bonds is 4. The SMILES string of the molecule is CC1CC[C@H]2[C@@H]3[C@@](C)(CC(O)C(=O)C(C)(C)O)CC[C@]3(C)C=C3[C@@H](C)C[C@@H](O)C312. The van der Waals surface area contributed by atoms with E-state index in [1.807, 2.05) is 0 Å². The molecule has 0 aliphatic heterocycles. The quantitative estimate of drug-likeness (QED) is 0.622. The van der Waals surface area contributed by atoms with Crippen LogP contribution in [-0.2, 0) is 4.79 Å². The molecule has 3 fully saturated rings. The van der Waals surface area contributed by atoms with Gasteiger partial charge in [0.15, 0.2) is 5.78 Å². The molecular formula is C25H40O4. The van der Waals surface area contributed by atoms with Crippen LogP contribution in [0.1, 0.15) is 80.1 Å². The van der Waals surface area contributed by atoms with Crippen LogP contribution in [0.5, 0.6) is 0 Å². The first-order valence-corrected chi connectivity index (χ1v) is 11.6. The van der Waals surface area contributed by atoms with Gasteiger partial charge in [0.1, 0.15) is 11.7 Å². The van der Waals surface area contributed by atoms with Gasteiger partial charge in [-0.25, -0.2) is 0 Å². The zero-order valence-corrected chi connectivity index (χ0v) is 19.0. The van der Waals surface area contributed by atoms with Gasteiger partial charge in [0, 0.05) is 5.41 Å². The van der Waals surface area contributed by atoms with E-state index in [1.165, 1.54) is 19.4 Å². The van der Waals surface area contributed by atoms with Gasteiger partial charge < -0.3 is 15.3 Å². The number of Topliss-reactive ketones (excluding diaryl/α,β-unsaturated/α-hetero) is 1. The summed E-state index contributed by atoms with van der Waals surface area (Å²) in [6.45, 7) is 12.1. The van der Waals surface area contributed by atoms with Gasteiger partial charge >= 0.3 is 0 Å². The van der Waals surface area contributed by atoms with Crippen LogP contribution in [-0.4, -0.2) is 38.9 Å². The molecule has 4 aliphatic rings. The van der Waals surface area contributed by atoms with Crippen LogP contribution in [0.3, 0.4) is 0 Å². The van der Waals surface area contributed by atoms with Crippen LogP contribution in [0.4, 0.5) is 0 Å². The zero-order chi connectivity index (χ0) is 21.6. The highest BCUT2D eigenvalue weighted by Gasteiger charge is 2.69. The highest BCUT2D eigenvalue weighted by molar-refractivity contribution is 5.90. The summed E-state index contributed by atoms with van der Waals surface area (Å²) >= 11 is 0. The molecule has 29 heavy (non-hydrogen) atoms. The van der Waals surface area contributed by atoms with Gasteiger partial charge in [0.05, 0.1) is 6.10 Å². The molecule has 3 saturated carbocycles. The van der Waals surface area contributed by atoms with Gasteiger partial charge in [-0.3, -0.25) is 4.79 Å². The number of aliphatic hydroxyl groups is 3. The van der Waals surface area contributed by atoms with Crippen LogP contribution < -0.4 is 0 Å². The number of hydrogen-bond acceptors (Lipinski definition) is 4. The first-order chi connectivity index (χ1) is 13.3. The third-order valence-corrected chi connectivity index (χ3v) is 9.65. The molecule has 4 aliphatic carbocycles. The smallest absolute Gasteiger partial charge is 0.192 e. The fourth-order valence-corrected chi connectivity index (χ4v) is 8.63. The molecular weight excluding hydrogens is 364 g/mol. The maximum Gasteiger partial charge on any atom is 0.192 e. The van der Waals surface area contributed by atoms with E-state index in [2.05, 4.69) is 33.8 Å². The van der Waals surface area contributed by atoms with E-state index in [-0.39, 0.29) is 22.3 Å². The van der Waals surface area contributed by atoms with Gasteiger partial charge in [-0.2, -0.15) is 0 Å². The molecule has 9 atom stereocenters. The monoisotopic (exact) mass is 404 g/mol. The maximum absolute atomic E-state index is 12.5. The molecule has 0 amide bonds. The average Bonchev–Trinajstić information content (AvgIpc) is 3.16. The first kappa shape index (κ1) is 21.5. The maximum atomic E-state index is 12.5. The molecule has 0 saturated heterocycles. The number of carbonyl (C=O) groups is 1. The summed E-state index contributed by atoms with van der Waals surface area (Å²) in [7, 11) is 0. The van der Waals surface area contributed by atoms with Crippen molar-refractivity contribution in [2.24, 2.45) is 39.9 Å². The van der Waals surface area contributed by atoms with Gasteiger partial charge in [-0.05, 0) is 86.9 Å². The Hall–Kier alpha value is -0.710. The summed E-state index contributed by atoms with van der Waals surface area (Å²) in [5, 5.41) is 32.2. The van der Waals surface area contributed by atoms with Crippen molar-refractivity contribution >= 4 is 5.78 Å². The van der Waals surface area contributed by atoms with Crippen molar-refractivity contribution in [1.29, 1.82) is 0 Å². The standard InChI is InChI=1S/C25H40O4/c1-14-11-19(27)25-15(2)7-8-16(25)20-23(5,12-17(14)25)9-10-24(20,6)13-18(26)21(28)22(3,4)29/h12,14-16,18-20,26-27,29H,7-11,13H2,1-6H3/t14-,15?,16-,18?,19+,20-,23+,24+,25?/m0/s1. The largest absolute Gasteiger partial charge is 0.392 e. The topological polar surface area (TPSA) is 77.8 Å². The van der Waals surface area contributed by atoms with Crippen LogP contribution in [0, 0.1) is 39.9 Å². The first-order valence-electron chi connectivity index (χ1n) is 11.6. The Morgan fingerprint density at radius 2 is 1.90 bits per heavy atom. The minimum absolute atomic E-state index is 0.0537. The molecule has 0 radical (unpaired) electrons. The second kappa shape index (κ2) is 6.40. The Morgan fingerprint density at radius 3 is 2.52 bits per heavy atom. The van der Waals surface area contributed by atoms with Crippen molar-refractivity contribution in [1.82, 2.24) is 0 Å². The lowest BCUT2D eigenvalue weighted by molar-refractivity contribution is -0.146. The fourth-order valence-electron chi connectivity index (χ4n) is 8.63. The average molecular weight is 405 g/mol. The van der Waals surface area contributed by atoms with Crippen LogP contribution in [0.2, 0.25) is 0 Å². The van der Waals surface area contributed by atoms with Crippen molar-refractivity contribution in [3.05, 3.63) is 11.6 Å². The lowest BCUT2D eigenvalue weighted by Gasteiger charge is -2.55. The number of aliphatic hydroxyl groups excluding tert-OH is 2.